The number of benzene rings is 1. The van der Waals surface area contributed by atoms with E-state index in [4.69, 9.17) is 15.2 Å². The number of ether oxygens (including phenoxy) is 2. The van der Waals surface area contributed by atoms with Crippen LogP contribution in [0.5, 0.6) is 11.5 Å². The first-order chi connectivity index (χ1) is 10.1. The fraction of sp³-hybridized carbons (Fsp3) is 0.571. The predicted octanol–water partition coefficient (Wildman–Crippen LogP) is 1.49. The van der Waals surface area contributed by atoms with Crippen molar-refractivity contribution in [3.63, 3.8) is 0 Å². The number of hydrogen-bond acceptors (Lipinski definition) is 5. The van der Waals surface area contributed by atoms with Crippen molar-refractivity contribution in [2.24, 2.45) is 11.1 Å². The predicted molar refractivity (Wildman–Crippen MR) is 82.1 cm³/mol. The van der Waals surface area contributed by atoms with Crippen molar-refractivity contribution in [2.75, 3.05) is 20.8 Å². The zero-order chi connectivity index (χ0) is 17.1. The smallest absolute Gasteiger partial charge is 0.243 e. The summed E-state index contributed by atoms with van der Waals surface area (Å²) >= 11 is 0. The van der Waals surface area contributed by atoms with E-state index < -0.39 is 32.2 Å². The van der Waals surface area contributed by atoms with Gasteiger partial charge in [-0.3, -0.25) is 0 Å². The van der Waals surface area contributed by atoms with Crippen molar-refractivity contribution in [1.82, 2.24) is 4.72 Å². The maximum absolute atomic E-state index is 14.1. The molecule has 0 heterocycles. The van der Waals surface area contributed by atoms with Crippen molar-refractivity contribution >= 4 is 10.0 Å². The molecule has 0 aliphatic rings. The summed E-state index contributed by atoms with van der Waals surface area (Å²) in [7, 11) is -1.40. The molecule has 0 saturated heterocycles. The molecular formula is C14H23FN2O4S. The van der Waals surface area contributed by atoms with Crippen LogP contribution >= 0.6 is 0 Å². The van der Waals surface area contributed by atoms with Gasteiger partial charge in [-0.25, -0.2) is 17.5 Å². The lowest BCUT2D eigenvalue weighted by molar-refractivity contribution is 0.304. The zero-order valence-corrected chi connectivity index (χ0v) is 14.3. The van der Waals surface area contributed by atoms with E-state index in [-0.39, 0.29) is 18.0 Å². The van der Waals surface area contributed by atoms with Crippen LogP contribution in [0.15, 0.2) is 17.0 Å². The molecule has 22 heavy (non-hydrogen) atoms. The number of rotatable bonds is 6. The molecule has 0 aliphatic heterocycles. The first-order valence-electron chi connectivity index (χ1n) is 6.70. The summed E-state index contributed by atoms with van der Waals surface area (Å²) in [5, 5.41) is 0. The minimum Gasteiger partial charge on any atom is -0.493 e. The lowest BCUT2D eigenvalue weighted by Gasteiger charge is -2.30. The minimum atomic E-state index is -4.08. The molecule has 8 heteroatoms. The Morgan fingerprint density at radius 1 is 1.23 bits per heavy atom. The van der Waals surface area contributed by atoms with Crippen LogP contribution in [0.3, 0.4) is 0 Å². The van der Waals surface area contributed by atoms with Crippen LogP contribution in [-0.4, -0.2) is 35.2 Å². The van der Waals surface area contributed by atoms with E-state index in [1.165, 1.54) is 14.2 Å². The molecule has 0 amide bonds. The largest absolute Gasteiger partial charge is 0.493 e. The first-order valence-corrected chi connectivity index (χ1v) is 8.19. The minimum absolute atomic E-state index is 0.0949. The zero-order valence-electron chi connectivity index (χ0n) is 13.4. The van der Waals surface area contributed by atoms with E-state index in [0.717, 1.165) is 12.1 Å². The van der Waals surface area contributed by atoms with Gasteiger partial charge in [0.05, 0.1) is 14.2 Å². The van der Waals surface area contributed by atoms with Crippen molar-refractivity contribution in [2.45, 2.75) is 31.7 Å². The van der Waals surface area contributed by atoms with Gasteiger partial charge in [0, 0.05) is 24.7 Å². The molecule has 0 aromatic heterocycles. The van der Waals surface area contributed by atoms with E-state index >= 15 is 0 Å². The van der Waals surface area contributed by atoms with Gasteiger partial charge < -0.3 is 15.2 Å². The summed E-state index contributed by atoms with van der Waals surface area (Å²) in [5.41, 5.74) is 5.21. The second-order valence-electron chi connectivity index (χ2n) is 5.91. The van der Waals surface area contributed by atoms with E-state index in [0.29, 0.717) is 0 Å². The van der Waals surface area contributed by atoms with Gasteiger partial charge in [-0.15, -0.1) is 0 Å². The summed E-state index contributed by atoms with van der Waals surface area (Å²) in [6, 6.07) is 1.53. The van der Waals surface area contributed by atoms with E-state index in [2.05, 4.69) is 4.72 Å². The molecule has 1 aromatic carbocycles. The maximum atomic E-state index is 14.1. The summed E-state index contributed by atoms with van der Waals surface area (Å²) < 4.78 is 51.4. The fourth-order valence-corrected chi connectivity index (χ4v) is 3.40. The number of halogens is 1. The molecule has 6 nitrogen and oxygen atoms in total. The number of sulfonamides is 1. The van der Waals surface area contributed by atoms with Gasteiger partial charge in [0.1, 0.15) is 10.7 Å². The molecule has 3 N–H and O–H groups in total. The normalized spacial score (nSPS) is 13.8. The van der Waals surface area contributed by atoms with Gasteiger partial charge in [0.25, 0.3) is 0 Å². The highest BCUT2D eigenvalue weighted by molar-refractivity contribution is 7.89. The van der Waals surface area contributed by atoms with Gasteiger partial charge >= 0.3 is 0 Å². The molecule has 0 aliphatic carbocycles. The van der Waals surface area contributed by atoms with Gasteiger partial charge in [-0.05, 0) is 5.41 Å². The van der Waals surface area contributed by atoms with Crippen molar-refractivity contribution in [3.05, 3.63) is 17.9 Å². The van der Waals surface area contributed by atoms with E-state index in [1.807, 2.05) is 20.8 Å². The lowest BCUT2D eigenvalue weighted by atomic mass is 9.88. The average Bonchev–Trinajstić information content (AvgIpc) is 2.42. The van der Waals surface area contributed by atoms with Crippen molar-refractivity contribution in [3.8, 4) is 11.5 Å². The number of hydrogen-bond donors (Lipinski definition) is 2. The van der Waals surface area contributed by atoms with E-state index in [9.17, 15) is 12.8 Å². The molecule has 0 saturated carbocycles. The van der Waals surface area contributed by atoms with Crippen LogP contribution in [0.2, 0.25) is 0 Å². The Hall–Kier alpha value is -1.38. The van der Waals surface area contributed by atoms with Gasteiger partial charge in [0.2, 0.25) is 10.0 Å². The molecule has 0 bridgehead atoms. The molecule has 1 unspecified atom stereocenters. The third-order valence-electron chi connectivity index (χ3n) is 3.31. The van der Waals surface area contributed by atoms with E-state index in [1.54, 1.807) is 0 Å². The molecular weight excluding hydrogens is 311 g/mol. The molecule has 0 spiro atoms. The highest BCUT2D eigenvalue weighted by atomic mass is 32.2. The molecule has 0 radical (unpaired) electrons. The Kier molecular flexibility index (Phi) is 5.77. The van der Waals surface area contributed by atoms with Crippen LogP contribution in [0.1, 0.15) is 20.8 Å². The Balaban J connectivity index is 3.29. The van der Waals surface area contributed by atoms with Crippen molar-refractivity contribution < 1.29 is 22.3 Å². The summed E-state index contributed by atoms with van der Waals surface area (Å²) in [6.07, 6.45) is 0. The third-order valence-corrected chi connectivity index (χ3v) is 4.79. The summed E-state index contributed by atoms with van der Waals surface area (Å²) in [4.78, 5) is -0.507. The van der Waals surface area contributed by atoms with Crippen LogP contribution < -0.4 is 19.9 Å². The third kappa shape index (κ3) is 4.08. The molecule has 1 atom stereocenters. The molecule has 126 valence electrons. The Morgan fingerprint density at radius 3 is 2.14 bits per heavy atom. The van der Waals surface area contributed by atoms with Crippen LogP contribution in [0, 0.1) is 11.2 Å². The SMILES string of the molecule is COc1cc(F)c(S(=O)(=O)NC(CN)C(C)(C)C)cc1OC. The molecule has 0 fully saturated rings. The van der Waals surface area contributed by atoms with Crippen molar-refractivity contribution in [1.29, 1.82) is 0 Å². The lowest BCUT2D eigenvalue weighted by Crippen LogP contribution is -2.48. The maximum Gasteiger partial charge on any atom is 0.243 e. The van der Waals surface area contributed by atoms with Gasteiger partial charge in [0.15, 0.2) is 11.5 Å². The monoisotopic (exact) mass is 334 g/mol. The number of nitrogens with one attached hydrogen (secondary N) is 1. The molecule has 1 aromatic rings. The second kappa shape index (κ2) is 6.80. The first kappa shape index (κ1) is 18.7. The fourth-order valence-electron chi connectivity index (χ4n) is 1.87. The summed E-state index contributed by atoms with van der Waals surface area (Å²) in [5.74, 6) is -0.677. The standard InChI is InChI=1S/C14H23FN2O4S/c1-14(2,3)13(8-16)17-22(18,19)12-7-11(21-5)10(20-4)6-9(12)15/h6-7,13,17H,8,16H2,1-5H3. The second-order valence-corrected chi connectivity index (χ2v) is 7.60. The highest BCUT2D eigenvalue weighted by Gasteiger charge is 2.30. The number of methoxy groups -OCH3 is 2. The quantitative estimate of drug-likeness (QED) is 0.822. The Labute approximate surface area is 130 Å². The summed E-state index contributed by atoms with van der Waals surface area (Å²) in [6.45, 7) is 5.63. The topological polar surface area (TPSA) is 90.7 Å². The number of nitrogens with two attached hydrogens (primary N) is 1. The van der Waals surface area contributed by atoms with Gasteiger partial charge in [-0.2, -0.15) is 0 Å². The van der Waals surface area contributed by atoms with Crippen LogP contribution in [0.25, 0.3) is 0 Å². The average molecular weight is 334 g/mol. The van der Waals surface area contributed by atoms with Crippen LogP contribution in [-0.2, 0) is 10.0 Å². The Bertz CT molecular complexity index is 626. The highest BCUT2D eigenvalue weighted by Crippen LogP contribution is 2.32. The van der Waals surface area contributed by atoms with Crippen LogP contribution in [0.4, 0.5) is 4.39 Å². The molecule has 1 rings (SSSR count). The van der Waals surface area contributed by atoms with Gasteiger partial charge in [-0.1, -0.05) is 20.8 Å². The Morgan fingerprint density at radius 2 is 1.73 bits per heavy atom.